The van der Waals surface area contributed by atoms with Gasteiger partial charge >= 0.3 is 5.71 Å². The minimum absolute atomic E-state index is 0.705. The van der Waals surface area contributed by atoms with E-state index in [1.165, 1.54) is 5.69 Å². The summed E-state index contributed by atoms with van der Waals surface area (Å²) in [4.78, 5) is 4.33. The topological polar surface area (TPSA) is 35.1 Å². The van der Waals surface area contributed by atoms with Crippen LogP contribution in [0, 0.1) is 6.92 Å². The molecule has 0 amide bonds. The van der Waals surface area contributed by atoms with E-state index < -0.39 is 0 Å². The lowest BCUT2D eigenvalue weighted by Gasteiger charge is -1.89. The van der Waals surface area contributed by atoms with Crippen molar-refractivity contribution in [1.29, 1.82) is 0 Å². The Bertz CT molecular complexity index is 678. The predicted octanol–water partition coefficient (Wildman–Crippen LogP) is 1.78. The summed E-state index contributed by atoms with van der Waals surface area (Å²) in [7, 11) is 2.07. The van der Waals surface area contributed by atoms with Crippen LogP contribution in [0.15, 0.2) is 22.7 Å². The Labute approximate surface area is 93.1 Å². The van der Waals surface area contributed by atoms with E-state index in [0.29, 0.717) is 5.89 Å². The molecule has 0 aliphatic rings. The number of rotatable bonds is 1. The summed E-state index contributed by atoms with van der Waals surface area (Å²) < 4.78 is 9.87. The number of aromatic nitrogens is 3. The number of pyridine rings is 1. The Hall–Kier alpha value is -1.84. The van der Waals surface area contributed by atoms with E-state index in [1.54, 1.807) is 0 Å². The van der Waals surface area contributed by atoms with Crippen LogP contribution in [0.5, 0.6) is 0 Å². The Balaban J connectivity index is 2.50. The summed E-state index contributed by atoms with van der Waals surface area (Å²) in [6.45, 7) is 4.02. The first kappa shape index (κ1) is 9.39. The van der Waals surface area contributed by atoms with Crippen LogP contribution in [0.2, 0.25) is 0 Å². The summed E-state index contributed by atoms with van der Waals surface area (Å²) in [5, 5.41) is 0. The third-order valence-electron chi connectivity index (χ3n) is 3.01. The molecule has 3 aromatic heterocycles. The van der Waals surface area contributed by atoms with Gasteiger partial charge in [-0.1, -0.05) is 6.92 Å². The number of oxazole rings is 1. The Kier molecular flexibility index (Phi) is 1.80. The summed E-state index contributed by atoms with van der Waals surface area (Å²) >= 11 is 0. The second-order valence-corrected chi connectivity index (χ2v) is 4.02. The third-order valence-corrected chi connectivity index (χ3v) is 3.01. The minimum atomic E-state index is 0.705. The summed E-state index contributed by atoms with van der Waals surface area (Å²) in [6, 6.07) is 4.07. The highest BCUT2D eigenvalue weighted by molar-refractivity contribution is 5.66. The molecule has 0 radical (unpaired) electrons. The molecule has 0 N–H and O–H groups in total. The van der Waals surface area contributed by atoms with E-state index >= 15 is 0 Å². The van der Waals surface area contributed by atoms with Crippen LogP contribution < -0.4 is 4.40 Å². The van der Waals surface area contributed by atoms with Crippen molar-refractivity contribution in [3.63, 3.8) is 0 Å². The average Bonchev–Trinajstić information content (AvgIpc) is 2.78. The molecule has 0 aromatic carbocycles. The molecule has 0 saturated carbocycles. The van der Waals surface area contributed by atoms with Crippen LogP contribution in [0.25, 0.3) is 16.9 Å². The van der Waals surface area contributed by atoms with Crippen molar-refractivity contribution in [3.05, 3.63) is 29.9 Å². The normalized spacial score (nSPS) is 11.7. The van der Waals surface area contributed by atoms with Crippen molar-refractivity contribution in [3.8, 4) is 0 Å². The molecule has 0 spiro atoms. The van der Waals surface area contributed by atoms with E-state index in [0.717, 1.165) is 23.3 Å². The van der Waals surface area contributed by atoms with Crippen LogP contribution in [-0.4, -0.2) is 9.55 Å². The minimum Gasteiger partial charge on any atom is -0.407 e. The quantitative estimate of drug-likeness (QED) is 0.581. The smallest absolute Gasteiger partial charge is 0.322 e. The molecule has 4 nitrogen and oxygen atoms in total. The average molecular weight is 216 g/mol. The highest BCUT2D eigenvalue weighted by Gasteiger charge is 2.18. The second kappa shape index (κ2) is 3.07. The van der Waals surface area contributed by atoms with Gasteiger partial charge in [-0.25, -0.2) is 9.55 Å². The molecule has 0 saturated heterocycles. The molecule has 3 heterocycles. The predicted molar refractivity (Wildman–Crippen MR) is 60.3 cm³/mol. The van der Waals surface area contributed by atoms with Crippen LogP contribution in [0.4, 0.5) is 0 Å². The highest BCUT2D eigenvalue weighted by atomic mass is 16.4. The van der Waals surface area contributed by atoms with E-state index in [-0.39, 0.29) is 0 Å². The van der Waals surface area contributed by atoms with Gasteiger partial charge in [0.05, 0.1) is 7.05 Å². The fraction of sp³-hybridized carbons (Fsp3) is 0.333. The SMILES string of the molecule is CCc1c[n+]2c3oc(C)nc3ccc2n1C. The van der Waals surface area contributed by atoms with Gasteiger partial charge in [-0.2, -0.15) is 4.40 Å². The van der Waals surface area contributed by atoms with Gasteiger partial charge < -0.3 is 4.42 Å². The molecule has 3 aromatic rings. The maximum atomic E-state index is 5.63. The van der Waals surface area contributed by atoms with Crippen molar-refractivity contribution >= 4 is 16.9 Å². The lowest BCUT2D eigenvalue weighted by atomic mass is 10.4. The molecule has 0 unspecified atom stereocenters. The Morgan fingerprint density at radius 3 is 3.00 bits per heavy atom. The molecule has 3 rings (SSSR count). The van der Waals surface area contributed by atoms with Crippen LogP contribution in [0.3, 0.4) is 0 Å². The van der Waals surface area contributed by atoms with Gasteiger partial charge in [0, 0.05) is 19.4 Å². The molecule has 0 bridgehead atoms. The summed E-state index contributed by atoms with van der Waals surface area (Å²) in [6.07, 6.45) is 3.12. The lowest BCUT2D eigenvalue weighted by molar-refractivity contribution is -0.489. The van der Waals surface area contributed by atoms with Crippen molar-refractivity contribution in [2.45, 2.75) is 20.3 Å². The first-order valence-electron chi connectivity index (χ1n) is 5.47. The number of aryl methyl sites for hydroxylation is 3. The molecule has 0 aliphatic carbocycles. The van der Waals surface area contributed by atoms with E-state index in [1.807, 2.05) is 13.0 Å². The van der Waals surface area contributed by atoms with Crippen molar-refractivity contribution in [2.24, 2.45) is 7.05 Å². The van der Waals surface area contributed by atoms with Crippen molar-refractivity contribution < 1.29 is 8.82 Å². The number of hydrogen-bond donors (Lipinski definition) is 0. The van der Waals surface area contributed by atoms with Gasteiger partial charge in [0.2, 0.25) is 0 Å². The van der Waals surface area contributed by atoms with E-state index in [4.69, 9.17) is 4.42 Å². The van der Waals surface area contributed by atoms with E-state index in [9.17, 15) is 0 Å². The number of imidazole rings is 1. The molecule has 0 atom stereocenters. The largest absolute Gasteiger partial charge is 0.407 e. The second-order valence-electron chi connectivity index (χ2n) is 4.02. The van der Waals surface area contributed by atoms with Gasteiger partial charge in [0.25, 0.3) is 5.65 Å². The van der Waals surface area contributed by atoms with Crippen LogP contribution in [-0.2, 0) is 13.5 Å². The first-order chi connectivity index (χ1) is 7.70. The zero-order valence-electron chi connectivity index (χ0n) is 9.69. The molecular weight excluding hydrogens is 202 g/mol. The van der Waals surface area contributed by atoms with Gasteiger partial charge in [-0.05, 0) is 6.07 Å². The van der Waals surface area contributed by atoms with Gasteiger partial charge in [0.15, 0.2) is 11.4 Å². The van der Waals surface area contributed by atoms with Gasteiger partial charge in [-0.3, -0.25) is 0 Å². The number of nitrogens with zero attached hydrogens (tertiary/aromatic N) is 3. The summed E-state index contributed by atoms with van der Waals surface area (Å²) in [5.41, 5.74) is 4.13. The molecular formula is C12H14N3O+. The molecule has 4 heteroatoms. The zero-order valence-corrected chi connectivity index (χ0v) is 9.69. The third kappa shape index (κ3) is 1.10. The molecule has 82 valence electrons. The fourth-order valence-corrected chi connectivity index (χ4v) is 2.16. The standard InChI is InChI=1S/C12H14N3O/c1-4-9-7-15-11(14(9)3)6-5-10-12(15)16-8(2)13-10/h5-7H,4H2,1-3H3/q+1. The fourth-order valence-electron chi connectivity index (χ4n) is 2.16. The maximum absolute atomic E-state index is 5.63. The maximum Gasteiger partial charge on any atom is 0.322 e. The number of fused-ring (bicyclic) bond motifs is 3. The van der Waals surface area contributed by atoms with Crippen LogP contribution >= 0.6 is 0 Å². The lowest BCUT2D eigenvalue weighted by Crippen LogP contribution is -2.19. The molecule has 0 fully saturated rings. The highest BCUT2D eigenvalue weighted by Crippen LogP contribution is 2.14. The summed E-state index contributed by atoms with van der Waals surface area (Å²) in [5.74, 6) is 0.705. The van der Waals surface area contributed by atoms with Crippen molar-refractivity contribution in [1.82, 2.24) is 9.55 Å². The monoisotopic (exact) mass is 216 g/mol. The zero-order chi connectivity index (χ0) is 11.3. The van der Waals surface area contributed by atoms with Crippen molar-refractivity contribution in [2.75, 3.05) is 0 Å². The number of hydrogen-bond acceptors (Lipinski definition) is 2. The Morgan fingerprint density at radius 2 is 2.25 bits per heavy atom. The van der Waals surface area contributed by atoms with Gasteiger partial charge in [-0.15, -0.1) is 0 Å². The first-order valence-corrected chi connectivity index (χ1v) is 5.47. The van der Waals surface area contributed by atoms with Gasteiger partial charge in [0.1, 0.15) is 11.9 Å². The Morgan fingerprint density at radius 1 is 1.44 bits per heavy atom. The molecule has 16 heavy (non-hydrogen) atoms. The van der Waals surface area contributed by atoms with E-state index in [2.05, 4.69) is 40.2 Å². The van der Waals surface area contributed by atoms with Crippen LogP contribution in [0.1, 0.15) is 18.5 Å². The molecule has 0 aliphatic heterocycles.